The summed E-state index contributed by atoms with van der Waals surface area (Å²) in [6.07, 6.45) is 5.37. The van der Waals surface area contributed by atoms with Crippen LogP contribution in [0.5, 0.6) is 5.88 Å². The molecule has 2 aliphatic rings. The van der Waals surface area contributed by atoms with Crippen LogP contribution < -0.4 is 4.74 Å². The van der Waals surface area contributed by atoms with Crippen LogP contribution in [0.1, 0.15) is 61.5 Å². The Hall–Kier alpha value is -2.53. The Balaban J connectivity index is 1.30. The molecule has 0 bridgehead atoms. The summed E-state index contributed by atoms with van der Waals surface area (Å²) in [6, 6.07) is 12.6. The van der Waals surface area contributed by atoms with Crippen LogP contribution in [0.4, 0.5) is 0 Å². The number of para-hydroxylation sites is 1. The minimum Gasteiger partial charge on any atom is -0.477 e. The molecular formula is C25H29N3O2. The summed E-state index contributed by atoms with van der Waals surface area (Å²) in [6.45, 7) is 4.84. The Morgan fingerprint density at radius 2 is 1.83 bits per heavy atom. The number of aromatic nitrogens is 3. The van der Waals surface area contributed by atoms with E-state index in [4.69, 9.17) is 9.72 Å². The Morgan fingerprint density at radius 3 is 2.67 bits per heavy atom. The van der Waals surface area contributed by atoms with Gasteiger partial charge in [-0.2, -0.15) is 4.98 Å². The van der Waals surface area contributed by atoms with Crippen molar-refractivity contribution in [3.05, 3.63) is 59.7 Å². The van der Waals surface area contributed by atoms with Gasteiger partial charge in [-0.05, 0) is 56.6 Å². The fourth-order valence-electron chi connectivity index (χ4n) is 4.97. The summed E-state index contributed by atoms with van der Waals surface area (Å²) in [4.78, 5) is 13.9. The van der Waals surface area contributed by atoms with Crippen LogP contribution in [0.3, 0.4) is 0 Å². The van der Waals surface area contributed by atoms with Gasteiger partial charge in [-0.25, -0.2) is 4.98 Å². The van der Waals surface area contributed by atoms with Crippen LogP contribution in [0.2, 0.25) is 0 Å². The van der Waals surface area contributed by atoms with Gasteiger partial charge < -0.3 is 9.84 Å². The van der Waals surface area contributed by atoms with E-state index in [1.54, 1.807) is 0 Å². The summed E-state index contributed by atoms with van der Waals surface area (Å²) in [7, 11) is 0. The molecular weight excluding hydrogens is 374 g/mol. The Labute approximate surface area is 177 Å². The van der Waals surface area contributed by atoms with E-state index >= 15 is 0 Å². The minimum absolute atomic E-state index is 0.167. The molecule has 2 heterocycles. The maximum Gasteiger partial charge on any atom is 0.220 e. The number of pyridine rings is 1. The lowest BCUT2D eigenvalue weighted by molar-refractivity contribution is 0.121. The molecule has 1 N–H and O–H groups in total. The topological polar surface area (TPSA) is 68.1 Å². The van der Waals surface area contributed by atoms with Crippen LogP contribution >= 0.6 is 0 Å². The summed E-state index contributed by atoms with van der Waals surface area (Å²) in [5.74, 6) is 3.28. The van der Waals surface area contributed by atoms with Crippen molar-refractivity contribution in [2.75, 3.05) is 6.61 Å². The van der Waals surface area contributed by atoms with Gasteiger partial charge in [0.2, 0.25) is 5.88 Å². The first-order valence-electron chi connectivity index (χ1n) is 11.1. The normalized spacial score (nSPS) is 28.4. The second-order valence-electron chi connectivity index (χ2n) is 8.97. The average Bonchev–Trinajstić information content (AvgIpc) is 3.42. The van der Waals surface area contributed by atoms with Gasteiger partial charge in [-0.3, -0.25) is 4.98 Å². The summed E-state index contributed by atoms with van der Waals surface area (Å²) in [5.41, 5.74) is 3.32. The van der Waals surface area contributed by atoms with Crippen LogP contribution in [0.25, 0.3) is 10.9 Å². The molecule has 5 heteroatoms. The summed E-state index contributed by atoms with van der Waals surface area (Å²) < 4.78 is 6.29. The maximum atomic E-state index is 9.84. The Kier molecular flexibility index (Phi) is 5.15. The molecule has 2 fully saturated rings. The zero-order valence-corrected chi connectivity index (χ0v) is 17.7. The monoisotopic (exact) mass is 403 g/mol. The molecule has 0 amide bonds. The van der Waals surface area contributed by atoms with Crippen LogP contribution in [-0.2, 0) is 0 Å². The fraction of sp³-hybridized carbons (Fsp3) is 0.480. The number of benzene rings is 1. The van der Waals surface area contributed by atoms with Gasteiger partial charge in [0.05, 0.1) is 18.2 Å². The van der Waals surface area contributed by atoms with Crippen molar-refractivity contribution in [1.82, 2.24) is 15.0 Å². The van der Waals surface area contributed by atoms with Crippen molar-refractivity contribution in [2.24, 2.45) is 11.8 Å². The molecule has 5 nitrogen and oxygen atoms in total. The van der Waals surface area contributed by atoms with Gasteiger partial charge in [0.15, 0.2) is 0 Å². The van der Waals surface area contributed by atoms with E-state index in [1.807, 2.05) is 25.3 Å². The van der Waals surface area contributed by atoms with Gasteiger partial charge in [0.25, 0.3) is 0 Å². The first-order valence-corrected chi connectivity index (χ1v) is 11.1. The molecule has 0 saturated heterocycles. The number of rotatable bonds is 5. The van der Waals surface area contributed by atoms with E-state index in [1.165, 1.54) is 5.39 Å². The highest BCUT2D eigenvalue weighted by molar-refractivity contribution is 5.78. The third-order valence-electron chi connectivity index (χ3n) is 6.97. The zero-order valence-electron chi connectivity index (χ0n) is 17.7. The number of hydrogen-bond acceptors (Lipinski definition) is 5. The van der Waals surface area contributed by atoms with E-state index in [0.29, 0.717) is 30.3 Å². The van der Waals surface area contributed by atoms with Crippen molar-refractivity contribution in [3.8, 4) is 5.88 Å². The van der Waals surface area contributed by atoms with Crippen molar-refractivity contribution in [1.29, 1.82) is 0 Å². The number of aryl methyl sites for hydroxylation is 1. The van der Waals surface area contributed by atoms with Gasteiger partial charge >= 0.3 is 0 Å². The lowest BCUT2D eigenvalue weighted by atomic mass is 9.83. The summed E-state index contributed by atoms with van der Waals surface area (Å²) >= 11 is 0. The molecule has 30 heavy (non-hydrogen) atoms. The molecule has 2 aromatic heterocycles. The number of fused-ring (bicyclic) bond motifs is 1. The predicted molar refractivity (Wildman–Crippen MR) is 117 cm³/mol. The number of nitrogens with zero attached hydrogens (tertiary/aromatic N) is 3. The smallest absolute Gasteiger partial charge is 0.220 e. The second kappa shape index (κ2) is 7.95. The minimum atomic E-state index is -0.167. The van der Waals surface area contributed by atoms with Crippen LogP contribution in [-0.4, -0.2) is 32.8 Å². The first-order chi connectivity index (χ1) is 14.6. The van der Waals surface area contributed by atoms with Crippen molar-refractivity contribution < 1.29 is 9.84 Å². The van der Waals surface area contributed by atoms with E-state index in [-0.39, 0.29) is 6.10 Å². The molecule has 2 aliphatic carbocycles. The Bertz CT molecular complexity index is 1050. The lowest BCUT2D eigenvalue weighted by Gasteiger charge is -2.26. The first kappa shape index (κ1) is 19.4. The molecule has 0 aliphatic heterocycles. The SMILES string of the molecule is Cc1ncc([C@H]2CC[C@@H](O)CC2)c(OCC2C(C)C2c2ccc3ccccc3n2)n1. The van der Waals surface area contributed by atoms with Crippen molar-refractivity contribution in [3.63, 3.8) is 0 Å². The number of ether oxygens (including phenoxy) is 1. The van der Waals surface area contributed by atoms with Crippen LogP contribution in [0.15, 0.2) is 42.6 Å². The quantitative estimate of drug-likeness (QED) is 0.664. The number of aliphatic hydroxyl groups is 1. The number of hydrogen-bond donors (Lipinski definition) is 1. The molecule has 0 radical (unpaired) electrons. The van der Waals surface area contributed by atoms with Gasteiger partial charge in [-0.1, -0.05) is 31.2 Å². The van der Waals surface area contributed by atoms with E-state index in [2.05, 4.69) is 41.2 Å². The zero-order chi connectivity index (χ0) is 20.7. The third-order valence-corrected chi connectivity index (χ3v) is 6.97. The highest BCUT2D eigenvalue weighted by Crippen LogP contribution is 2.53. The molecule has 0 spiro atoms. The molecule has 3 atom stereocenters. The highest BCUT2D eigenvalue weighted by Gasteiger charge is 2.49. The molecule has 156 valence electrons. The third kappa shape index (κ3) is 3.79. The predicted octanol–water partition coefficient (Wildman–Crippen LogP) is 4.78. The molecule has 1 aromatic carbocycles. The molecule has 3 aromatic rings. The van der Waals surface area contributed by atoms with Gasteiger partial charge in [-0.15, -0.1) is 0 Å². The van der Waals surface area contributed by atoms with E-state index in [0.717, 1.165) is 54.2 Å². The fourth-order valence-corrected chi connectivity index (χ4v) is 4.97. The summed E-state index contributed by atoms with van der Waals surface area (Å²) in [5, 5.41) is 11.0. The van der Waals surface area contributed by atoms with E-state index in [9.17, 15) is 5.11 Å². The maximum absolute atomic E-state index is 9.84. The van der Waals surface area contributed by atoms with Gasteiger partial charge in [0, 0.05) is 34.7 Å². The van der Waals surface area contributed by atoms with E-state index < -0.39 is 0 Å². The number of aliphatic hydroxyl groups excluding tert-OH is 1. The second-order valence-corrected chi connectivity index (χ2v) is 8.97. The van der Waals surface area contributed by atoms with Crippen molar-refractivity contribution >= 4 is 10.9 Å². The molecule has 2 saturated carbocycles. The lowest BCUT2D eigenvalue weighted by Crippen LogP contribution is -2.18. The standard InChI is InChI=1S/C25H29N3O2/c1-15-21(24(15)23-12-9-18-5-3-4-6-22(18)28-23)14-30-25-20(13-26-16(2)27-25)17-7-10-19(29)11-8-17/h3-6,9,12-13,15,17,19,21,24,29H,7-8,10-11,14H2,1-2H3/t15?,17-,19+,21?,24?. The molecule has 5 rings (SSSR count). The highest BCUT2D eigenvalue weighted by atomic mass is 16.5. The van der Waals surface area contributed by atoms with Crippen molar-refractivity contribution in [2.45, 2.75) is 57.5 Å². The van der Waals surface area contributed by atoms with Gasteiger partial charge in [0.1, 0.15) is 5.82 Å². The largest absolute Gasteiger partial charge is 0.477 e. The molecule has 3 unspecified atom stereocenters. The van der Waals surface area contributed by atoms with Crippen LogP contribution in [0, 0.1) is 18.8 Å². The Morgan fingerprint density at radius 1 is 1.03 bits per heavy atom. The average molecular weight is 404 g/mol.